The van der Waals surface area contributed by atoms with Crippen molar-refractivity contribution >= 4 is 18.5 Å². The van der Waals surface area contributed by atoms with Crippen LogP contribution in [0.5, 0.6) is 0 Å². The summed E-state index contributed by atoms with van der Waals surface area (Å²) in [7, 11) is 7.15. The topological polar surface area (TPSA) is 51.6 Å². The van der Waals surface area contributed by atoms with Gasteiger partial charge in [-0.15, -0.1) is 0 Å². The number of hydrogen-bond donors (Lipinski definition) is 0. The minimum atomic E-state index is -4.38. The monoisotopic (exact) mass is 624 g/mol. The number of nitrogens with zero attached hydrogens (tertiary/aromatic N) is 4. The molecule has 7 unspecified atom stereocenters. The predicted molar refractivity (Wildman–Crippen MR) is 162 cm³/mol. The van der Waals surface area contributed by atoms with Gasteiger partial charge in [0.15, 0.2) is 0 Å². The molecule has 16 rings (SSSR count). The Morgan fingerprint density at radius 1 is 0.780 bits per heavy atom. The molecular weight excluding hydrogens is 582 g/mol. The van der Waals surface area contributed by atoms with Gasteiger partial charge in [0.2, 0.25) is 0 Å². The van der Waals surface area contributed by atoms with Crippen molar-refractivity contribution in [2.75, 3.05) is 6.16 Å². The molecule has 216 valence electrons. The zero-order chi connectivity index (χ0) is 27.1. The molecule has 12 heterocycles. The number of rotatable bonds is 5. The molecule has 7 heteroatoms. The van der Waals surface area contributed by atoms with Gasteiger partial charge in [0.05, 0.1) is 0 Å². The molecule has 4 nitrogen and oxygen atoms in total. The van der Waals surface area contributed by atoms with E-state index < -0.39 is 6.51 Å². The first-order valence-electron chi connectivity index (χ1n) is 16.7. The van der Waals surface area contributed by atoms with E-state index in [-0.39, 0.29) is 5.16 Å². The zero-order valence-corrected chi connectivity index (χ0v) is 27.8. The Labute approximate surface area is 237 Å². The van der Waals surface area contributed by atoms with Gasteiger partial charge in [0, 0.05) is 0 Å². The Hall–Kier alpha value is -0.461. The second-order valence-corrected chi connectivity index (χ2v) is 44.8. The molecule has 0 aromatic carbocycles. The molecule has 4 aliphatic carbocycles. The van der Waals surface area contributed by atoms with Crippen LogP contribution in [-0.2, 0) is 11.7 Å². The van der Waals surface area contributed by atoms with Gasteiger partial charge < -0.3 is 0 Å². The normalized spacial score (nSPS) is 76.0. The van der Waals surface area contributed by atoms with E-state index in [4.69, 9.17) is 19.9 Å². The molecule has 4 bridgehead atoms. The van der Waals surface area contributed by atoms with Crippen molar-refractivity contribution in [2.24, 2.45) is 34.5 Å². The van der Waals surface area contributed by atoms with Crippen LogP contribution in [0.25, 0.3) is 0 Å². The number of hydrogen-bond acceptors (Lipinski definition) is 4. The first-order chi connectivity index (χ1) is 19.5. The van der Waals surface area contributed by atoms with Crippen LogP contribution in [0.1, 0.15) is 64.3 Å². The fourth-order valence-electron chi connectivity index (χ4n) is 28.1. The molecule has 1 spiro atoms. The zero-order valence-electron chi connectivity index (χ0n) is 24.4. The number of fused-ring (bicyclic) bond motifs is 11. The quantitative estimate of drug-likeness (QED) is 0.248. The van der Waals surface area contributed by atoms with E-state index in [1.54, 1.807) is 32.1 Å². The second kappa shape index (κ2) is 3.20. The van der Waals surface area contributed by atoms with Crippen LogP contribution in [0.2, 0.25) is 46.7 Å². The molecule has 14 fully saturated rings. The summed E-state index contributed by atoms with van der Waals surface area (Å²) in [5.41, 5.74) is 3.42. The molecule has 7 atom stereocenters. The molecular formula is C34H42FeN4P2. The molecule has 10 saturated heterocycles. The van der Waals surface area contributed by atoms with Gasteiger partial charge in [0.25, 0.3) is 0 Å². The third-order valence-corrected chi connectivity index (χ3v) is 70.3. The Kier molecular flexibility index (Phi) is 1.66. The molecule has 0 N–H and O–H groups in total. The number of aromatic nitrogens is 4. The molecule has 0 radical (unpaired) electrons. The molecule has 10 aliphatic heterocycles. The van der Waals surface area contributed by atoms with Crippen LogP contribution in [0.3, 0.4) is 0 Å². The van der Waals surface area contributed by atoms with Crippen LogP contribution < -0.4 is 0 Å². The summed E-state index contributed by atoms with van der Waals surface area (Å²) in [5, 5.41) is -0.237. The van der Waals surface area contributed by atoms with Crippen molar-refractivity contribution in [1.29, 1.82) is 0 Å². The molecule has 41 heavy (non-hydrogen) atoms. The van der Waals surface area contributed by atoms with Crippen molar-refractivity contribution in [3.05, 3.63) is 48.6 Å². The third kappa shape index (κ3) is 0.513. The first kappa shape index (κ1) is 21.3. The fourth-order valence-corrected chi connectivity index (χ4v) is 116. The summed E-state index contributed by atoms with van der Waals surface area (Å²) >= 11 is 0. The van der Waals surface area contributed by atoms with Crippen LogP contribution in [-0.4, -0.2) is 26.1 Å². The van der Waals surface area contributed by atoms with E-state index in [1.807, 2.05) is 24.8 Å². The maximum absolute atomic E-state index is 5.28. The van der Waals surface area contributed by atoms with E-state index in [2.05, 4.69) is 51.6 Å². The Bertz CT molecular complexity index is 2060. The van der Waals surface area contributed by atoms with Gasteiger partial charge in [-0.3, -0.25) is 0 Å². The van der Waals surface area contributed by atoms with Gasteiger partial charge >= 0.3 is 239 Å². The van der Waals surface area contributed by atoms with Gasteiger partial charge in [-0.25, -0.2) is 0 Å². The van der Waals surface area contributed by atoms with Gasteiger partial charge in [0.1, 0.15) is 0 Å². The van der Waals surface area contributed by atoms with Gasteiger partial charge in [-0.2, -0.15) is 0 Å². The average Bonchev–Trinajstić information content (AvgIpc) is 3.91. The van der Waals surface area contributed by atoms with Crippen molar-refractivity contribution < 1.29 is 6.51 Å². The summed E-state index contributed by atoms with van der Waals surface area (Å²) in [6, 6.07) is 0. The Morgan fingerprint density at radius 2 is 1.29 bits per heavy atom. The summed E-state index contributed by atoms with van der Waals surface area (Å²) < 4.78 is 1.80. The van der Waals surface area contributed by atoms with Crippen molar-refractivity contribution in [3.63, 3.8) is 0 Å². The molecule has 0 amide bonds. The average molecular weight is 625 g/mol. The Balaban J connectivity index is 1.16. The van der Waals surface area contributed by atoms with Crippen LogP contribution in [0.4, 0.5) is 0 Å². The van der Waals surface area contributed by atoms with Crippen molar-refractivity contribution in [1.82, 2.24) is 19.9 Å². The SMILES string of the molecule is CC(C)(C)[C]12[CH]3[C]4(C(P)(c5cnccn5)c5cnccn5)[C]5(C6(CP)C7CC8CC(C7)CC6C8)[CH]1[Fe]32451678[CH]2[CH]1[CH]6[CH]7[CH]28. The van der Waals surface area contributed by atoms with Crippen molar-refractivity contribution in [3.8, 4) is 0 Å². The molecule has 2 aromatic heterocycles. The standard InChI is InChI=1S/C29H37N4P2.C5H5.Fe/c1-27(2,3)20-13-23(28(17-34)21-9-18-8-19(11-21)12-22(28)10-18)24(14-20)29(35,25-15-30-4-6-32-25)26-16-31-5-7-33-26;1-2-4-5-3-1;/h4-7,13-16,18-19,21-22H,8-12,17,34-35H2,1-3H3;1-5H;. The van der Waals surface area contributed by atoms with E-state index in [1.165, 1.54) is 41.6 Å². The maximum atomic E-state index is 5.28. The molecule has 4 saturated carbocycles. The van der Waals surface area contributed by atoms with Crippen LogP contribution >= 0.6 is 18.5 Å². The third-order valence-electron chi connectivity index (χ3n) is 24.2. The van der Waals surface area contributed by atoms with Crippen LogP contribution in [0, 0.1) is 34.5 Å². The second-order valence-electron chi connectivity index (χ2n) is 20.6. The minimum absolute atomic E-state index is 0.237. The van der Waals surface area contributed by atoms with E-state index >= 15 is 0 Å². The van der Waals surface area contributed by atoms with E-state index in [9.17, 15) is 0 Å². The summed E-state index contributed by atoms with van der Waals surface area (Å²) in [5.74, 6) is 4.01. The van der Waals surface area contributed by atoms with Crippen LogP contribution in [0.15, 0.2) is 37.2 Å². The van der Waals surface area contributed by atoms with Gasteiger partial charge in [-0.1, -0.05) is 0 Å². The summed E-state index contributed by atoms with van der Waals surface area (Å²) in [6.07, 6.45) is 21.2. The predicted octanol–water partition coefficient (Wildman–Crippen LogP) is 8.25. The summed E-state index contributed by atoms with van der Waals surface area (Å²) in [4.78, 5) is 28.3. The first-order valence-corrected chi connectivity index (χ1v) is 24.2. The van der Waals surface area contributed by atoms with Gasteiger partial charge in [-0.05, 0) is 0 Å². The Morgan fingerprint density at radius 3 is 1.68 bits per heavy atom. The molecule has 14 aliphatic rings. The molecule has 2 aromatic rings. The van der Waals surface area contributed by atoms with E-state index in [0.29, 0.717) is 19.5 Å². The van der Waals surface area contributed by atoms with E-state index in [0.717, 1.165) is 37.6 Å². The van der Waals surface area contributed by atoms with Crippen molar-refractivity contribution in [2.45, 2.75) is 105 Å². The fraction of sp³-hybridized carbons (Fsp3) is 0.765. The summed E-state index contributed by atoms with van der Waals surface area (Å²) in [6.45, 7) is 3.81.